The van der Waals surface area contributed by atoms with Gasteiger partial charge in [0.05, 0.1) is 13.2 Å². The fourth-order valence-corrected chi connectivity index (χ4v) is 1.87. The number of benzene rings is 1. The average molecular weight is 229 g/mol. The van der Waals surface area contributed by atoms with E-state index in [4.69, 9.17) is 4.74 Å². The molecule has 17 heavy (non-hydrogen) atoms. The first kappa shape index (κ1) is 11.9. The third kappa shape index (κ3) is 4.43. The second-order valence-corrected chi connectivity index (χ2v) is 4.21. The standard InChI is InChI=1S/C15H19NO/c1-4-10-15(11-5-1)17-13-6-2-3-8-14-9-7-12-16-14/h1,4-5,7,9-11H,2-3,6,8,12-13H2. The number of rotatable bonds is 7. The second kappa shape index (κ2) is 6.89. The summed E-state index contributed by atoms with van der Waals surface area (Å²) in [5.41, 5.74) is 1.26. The Morgan fingerprint density at radius 2 is 1.94 bits per heavy atom. The maximum Gasteiger partial charge on any atom is 0.119 e. The molecule has 0 bridgehead atoms. The van der Waals surface area contributed by atoms with Crippen molar-refractivity contribution >= 4 is 5.71 Å². The normalized spacial score (nSPS) is 13.8. The lowest BCUT2D eigenvalue weighted by Crippen LogP contribution is -1.98. The van der Waals surface area contributed by atoms with Crippen LogP contribution in [-0.2, 0) is 0 Å². The Morgan fingerprint density at radius 3 is 2.71 bits per heavy atom. The molecule has 1 aliphatic heterocycles. The molecule has 0 fully saturated rings. The minimum Gasteiger partial charge on any atom is -0.494 e. The van der Waals surface area contributed by atoms with Crippen LogP contribution in [0.3, 0.4) is 0 Å². The first-order valence-electron chi connectivity index (χ1n) is 6.33. The highest BCUT2D eigenvalue weighted by molar-refractivity contribution is 5.96. The fraction of sp³-hybridized carbons (Fsp3) is 0.400. The number of hydrogen-bond donors (Lipinski definition) is 0. The molecule has 2 nitrogen and oxygen atoms in total. The van der Waals surface area contributed by atoms with E-state index >= 15 is 0 Å². The number of allylic oxidation sites excluding steroid dienone is 1. The number of unbranched alkanes of at least 4 members (excludes halogenated alkanes) is 2. The van der Waals surface area contributed by atoms with Gasteiger partial charge in [0.25, 0.3) is 0 Å². The van der Waals surface area contributed by atoms with Crippen molar-refractivity contribution in [1.29, 1.82) is 0 Å². The third-order valence-corrected chi connectivity index (χ3v) is 2.80. The van der Waals surface area contributed by atoms with Crippen LogP contribution in [0.4, 0.5) is 0 Å². The van der Waals surface area contributed by atoms with Crippen molar-refractivity contribution in [3.05, 3.63) is 42.5 Å². The van der Waals surface area contributed by atoms with E-state index < -0.39 is 0 Å². The topological polar surface area (TPSA) is 21.6 Å². The molecule has 2 heteroatoms. The smallest absolute Gasteiger partial charge is 0.119 e. The highest BCUT2D eigenvalue weighted by Gasteiger charge is 1.99. The molecular formula is C15H19NO. The number of para-hydroxylation sites is 1. The molecule has 0 atom stereocenters. The Bertz CT molecular complexity index is 381. The number of nitrogens with zero attached hydrogens (tertiary/aromatic N) is 1. The van der Waals surface area contributed by atoms with E-state index in [9.17, 15) is 0 Å². The Balaban J connectivity index is 1.51. The molecule has 1 aliphatic rings. The van der Waals surface area contributed by atoms with Gasteiger partial charge in [-0.25, -0.2) is 0 Å². The summed E-state index contributed by atoms with van der Waals surface area (Å²) in [5, 5.41) is 0. The van der Waals surface area contributed by atoms with Crippen molar-refractivity contribution in [3.8, 4) is 5.75 Å². The molecule has 0 N–H and O–H groups in total. The van der Waals surface area contributed by atoms with Gasteiger partial charge in [-0.3, -0.25) is 4.99 Å². The van der Waals surface area contributed by atoms with Crippen molar-refractivity contribution < 1.29 is 4.74 Å². The molecule has 0 spiro atoms. The molecule has 0 aromatic heterocycles. The van der Waals surface area contributed by atoms with E-state index in [0.717, 1.165) is 31.7 Å². The maximum absolute atomic E-state index is 5.63. The molecule has 0 saturated heterocycles. The summed E-state index contributed by atoms with van der Waals surface area (Å²) in [6.07, 6.45) is 8.91. The van der Waals surface area contributed by atoms with E-state index in [0.29, 0.717) is 0 Å². The molecule has 1 heterocycles. The van der Waals surface area contributed by atoms with Crippen LogP contribution in [0.25, 0.3) is 0 Å². The minimum atomic E-state index is 0.812. The molecule has 0 radical (unpaired) electrons. The predicted octanol–water partition coefficient (Wildman–Crippen LogP) is 3.64. The summed E-state index contributed by atoms with van der Waals surface area (Å²) in [6, 6.07) is 10.00. The van der Waals surface area contributed by atoms with Gasteiger partial charge in [-0.05, 0) is 43.9 Å². The molecule has 0 amide bonds. The van der Waals surface area contributed by atoms with E-state index in [1.54, 1.807) is 0 Å². The molecule has 90 valence electrons. The lowest BCUT2D eigenvalue weighted by atomic mass is 10.1. The molecule has 2 rings (SSSR count). The van der Waals surface area contributed by atoms with Crippen LogP contribution in [0.1, 0.15) is 25.7 Å². The Morgan fingerprint density at radius 1 is 1.06 bits per heavy atom. The number of ether oxygens (including phenoxy) is 1. The van der Waals surface area contributed by atoms with E-state index in [-0.39, 0.29) is 0 Å². The van der Waals surface area contributed by atoms with Gasteiger partial charge < -0.3 is 4.74 Å². The molecule has 0 aliphatic carbocycles. The zero-order valence-corrected chi connectivity index (χ0v) is 10.1. The van der Waals surface area contributed by atoms with Gasteiger partial charge in [-0.1, -0.05) is 24.3 Å². The summed E-state index contributed by atoms with van der Waals surface area (Å²) in [4.78, 5) is 4.38. The van der Waals surface area contributed by atoms with Crippen LogP contribution in [0.2, 0.25) is 0 Å². The molecule has 0 unspecified atom stereocenters. The van der Waals surface area contributed by atoms with E-state index in [1.165, 1.54) is 18.6 Å². The summed E-state index contributed by atoms with van der Waals surface area (Å²) in [6.45, 7) is 1.69. The predicted molar refractivity (Wildman–Crippen MR) is 71.8 cm³/mol. The van der Waals surface area contributed by atoms with Gasteiger partial charge in [0.2, 0.25) is 0 Å². The van der Waals surface area contributed by atoms with Crippen LogP contribution in [-0.4, -0.2) is 18.9 Å². The number of hydrogen-bond acceptors (Lipinski definition) is 2. The summed E-state index contributed by atoms with van der Waals surface area (Å²) < 4.78 is 5.63. The van der Waals surface area contributed by atoms with Gasteiger partial charge in [-0.2, -0.15) is 0 Å². The van der Waals surface area contributed by atoms with Crippen molar-refractivity contribution in [2.24, 2.45) is 4.99 Å². The van der Waals surface area contributed by atoms with Gasteiger partial charge in [0.1, 0.15) is 5.75 Å². The van der Waals surface area contributed by atoms with Crippen LogP contribution in [0.15, 0.2) is 47.5 Å². The van der Waals surface area contributed by atoms with Gasteiger partial charge in [0, 0.05) is 5.71 Å². The quantitative estimate of drug-likeness (QED) is 0.654. The first-order chi connectivity index (χ1) is 8.45. The van der Waals surface area contributed by atoms with Gasteiger partial charge in [0.15, 0.2) is 0 Å². The number of aliphatic imine (C=N–C) groups is 1. The summed E-state index contributed by atoms with van der Waals surface area (Å²) in [5.74, 6) is 0.968. The third-order valence-electron chi connectivity index (χ3n) is 2.80. The molecule has 1 aromatic rings. The highest BCUT2D eigenvalue weighted by atomic mass is 16.5. The Labute approximate surface area is 103 Å². The Kier molecular flexibility index (Phi) is 4.83. The molecule has 0 saturated carbocycles. The fourth-order valence-electron chi connectivity index (χ4n) is 1.87. The van der Waals surface area contributed by atoms with E-state index in [2.05, 4.69) is 17.1 Å². The van der Waals surface area contributed by atoms with Crippen LogP contribution in [0.5, 0.6) is 5.75 Å². The van der Waals surface area contributed by atoms with Crippen molar-refractivity contribution in [3.63, 3.8) is 0 Å². The largest absolute Gasteiger partial charge is 0.494 e. The first-order valence-corrected chi connectivity index (χ1v) is 6.33. The highest BCUT2D eigenvalue weighted by Crippen LogP contribution is 2.10. The van der Waals surface area contributed by atoms with Crippen molar-refractivity contribution in [2.45, 2.75) is 25.7 Å². The maximum atomic E-state index is 5.63. The van der Waals surface area contributed by atoms with Crippen molar-refractivity contribution in [2.75, 3.05) is 13.2 Å². The minimum absolute atomic E-state index is 0.812. The van der Waals surface area contributed by atoms with Crippen LogP contribution >= 0.6 is 0 Å². The van der Waals surface area contributed by atoms with E-state index in [1.807, 2.05) is 30.3 Å². The second-order valence-electron chi connectivity index (χ2n) is 4.21. The summed E-state index contributed by atoms with van der Waals surface area (Å²) >= 11 is 0. The zero-order valence-electron chi connectivity index (χ0n) is 10.1. The summed E-state index contributed by atoms with van der Waals surface area (Å²) in [7, 11) is 0. The van der Waals surface area contributed by atoms with Crippen LogP contribution < -0.4 is 4.74 Å². The lowest BCUT2D eigenvalue weighted by molar-refractivity contribution is 0.306. The molecule has 1 aromatic carbocycles. The monoisotopic (exact) mass is 229 g/mol. The molecular weight excluding hydrogens is 210 g/mol. The SMILES string of the molecule is C1=CC(CCCCCOc2ccccc2)=NC1. The van der Waals surface area contributed by atoms with Gasteiger partial charge >= 0.3 is 0 Å². The van der Waals surface area contributed by atoms with Crippen molar-refractivity contribution in [1.82, 2.24) is 0 Å². The Hall–Kier alpha value is -1.57. The van der Waals surface area contributed by atoms with Gasteiger partial charge in [-0.15, -0.1) is 0 Å². The zero-order chi connectivity index (χ0) is 11.8. The average Bonchev–Trinajstić information content (AvgIpc) is 2.88. The lowest BCUT2D eigenvalue weighted by Gasteiger charge is -2.05. The van der Waals surface area contributed by atoms with Crippen LogP contribution in [0, 0.1) is 0 Å².